The standard InChI is InChI=1S/C15H24N4O/c1-10-4-2-3-5-11(10)7-17-15(20)13-6-12-14(8-16-13)19-9-18-12/h9-11,13,16H,2-8H2,1H3,(H,17,20)(H,18,19). The first-order chi connectivity index (χ1) is 9.74. The maximum absolute atomic E-state index is 12.3. The summed E-state index contributed by atoms with van der Waals surface area (Å²) < 4.78 is 0. The van der Waals surface area contributed by atoms with Gasteiger partial charge in [0.1, 0.15) is 0 Å². The van der Waals surface area contributed by atoms with Gasteiger partial charge in [-0.1, -0.05) is 26.2 Å². The summed E-state index contributed by atoms with van der Waals surface area (Å²) in [6.45, 7) is 3.84. The molecule has 1 aromatic heterocycles. The fourth-order valence-corrected chi connectivity index (χ4v) is 3.41. The van der Waals surface area contributed by atoms with Crippen LogP contribution >= 0.6 is 0 Å². The number of hydrogen-bond acceptors (Lipinski definition) is 3. The van der Waals surface area contributed by atoms with E-state index < -0.39 is 0 Å². The number of nitrogens with zero attached hydrogens (tertiary/aromatic N) is 1. The highest BCUT2D eigenvalue weighted by molar-refractivity contribution is 5.82. The largest absolute Gasteiger partial charge is 0.354 e. The van der Waals surface area contributed by atoms with Crippen molar-refractivity contribution >= 4 is 5.91 Å². The number of aromatic amines is 1. The summed E-state index contributed by atoms with van der Waals surface area (Å²) >= 11 is 0. The van der Waals surface area contributed by atoms with Crippen LogP contribution in [0.1, 0.15) is 44.0 Å². The fourth-order valence-electron chi connectivity index (χ4n) is 3.41. The topological polar surface area (TPSA) is 69.8 Å². The van der Waals surface area contributed by atoms with Gasteiger partial charge in [0, 0.05) is 19.5 Å². The second-order valence-corrected chi connectivity index (χ2v) is 6.23. The third kappa shape index (κ3) is 2.87. The van der Waals surface area contributed by atoms with Crippen molar-refractivity contribution in [1.82, 2.24) is 20.6 Å². The molecule has 3 N–H and O–H groups in total. The van der Waals surface area contributed by atoms with E-state index in [0.717, 1.165) is 23.9 Å². The van der Waals surface area contributed by atoms with E-state index in [2.05, 4.69) is 27.5 Å². The van der Waals surface area contributed by atoms with Gasteiger partial charge in [-0.15, -0.1) is 0 Å². The first-order valence-electron chi connectivity index (χ1n) is 7.76. The highest BCUT2D eigenvalue weighted by Crippen LogP contribution is 2.28. The van der Waals surface area contributed by atoms with Crippen LogP contribution in [0.2, 0.25) is 0 Å². The average molecular weight is 276 g/mol. The van der Waals surface area contributed by atoms with Crippen LogP contribution in [0.25, 0.3) is 0 Å². The highest BCUT2D eigenvalue weighted by atomic mass is 16.2. The van der Waals surface area contributed by atoms with Gasteiger partial charge < -0.3 is 10.3 Å². The Morgan fingerprint density at radius 2 is 2.30 bits per heavy atom. The lowest BCUT2D eigenvalue weighted by molar-refractivity contribution is -0.123. The molecule has 0 spiro atoms. The molecule has 2 heterocycles. The molecule has 1 aliphatic heterocycles. The lowest BCUT2D eigenvalue weighted by Crippen LogP contribution is -2.49. The van der Waals surface area contributed by atoms with Crippen LogP contribution in [0.15, 0.2) is 6.33 Å². The van der Waals surface area contributed by atoms with E-state index in [4.69, 9.17) is 0 Å². The number of fused-ring (bicyclic) bond motifs is 1. The summed E-state index contributed by atoms with van der Waals surface area (Å²) in [7, 11) is 0. The number of aromatic nitrogens is 2. The fraction of sp³-hybridized carbons (Fsp3) is 0.733. The van der Waals surface area contributed by atoms with Gasteiger partial charge in [0.2, 0.25) is 5.91 Å². The molecule has 3 rings (SSSR count). The summed E-state index contributed by atoms with van der Waals surface area (Å²) in [4.78, 5) is 19.6. The van der Waals surface area contributed by atoms with Crippen molar-refractivity contribution in [3.05, 3.63) is 17.7 Å². The van der Waals surface area contributed by atoms with Crippen molar-refractivity contribution in [2.24, 2.45) is 11.8 Å². The van der Waals surface area contributed by atoms with E-state index in [0.29, 0.717) is 18.9 Å². The first-order valence-corrected chi connectivity index (χ1v) is 7.76. The molecule has 0 saturated heterocycles. The number of rotatable bonds is 3. The molecule has 0 aromatic carbocycles. The first kappa shape index (κ1) is 13.6. The van der Waals surface area contributed by atoms with Crippen LogP contribution in [0.4, 0.5) is 0 Å². The Balaban J connectivity index is 1.50. The molecule has 20 heavy (non-hydrogen) atoms. The summed E-state index contributed by atoms with van der Waals surface area (Å²) in [5, 5.41) is 6.41. The molecule has 0 bridgehead atoms. The zero-order chi connectivity index (χ0) is 13.9. The summed E-state index contributed by atoms with van der Waals surface area (Å²) in [5.74, 6) is 1.51. The Labute approximate surface area is 119 Å². The molecule has 1 amide bonds. The molecule has 3 atom stereocenters. The summed E-state index contributed by atoms with van der Waals surface area (Å²) in [5.41, 5.74) is 2.13. The maximum Gasteiger partial charge on any atom is 0.237 e. The van der Waals surface area contributed by atoms with Gasteiger partial charge in [0.05, 0.1) is 23.8 Å². The molecular weight excluding hydrogens is 252 g/mol. The number of amides is 1. The minimum Gasteiger partial charge on any atom is -0.354 e. The third-order valence-corrected chi connectivity index (χ3v) is 4.87. The number of nitrogens with one attached hydrogen (secondary N) is 3. The zero-order valence-electron chi connectivity index (χ0n) is 12.1. The minimum atomic E-state index is -0.135. The highest BCUT2D eigenvalue weighted by Gasteiger charge is 2.27. The van der Waals surface area contributed by atoms with E-state index in [1.807, 2.05) is 0 Å². The molecule has 1 aromatic rings. The van der Waals surface area contributed by atoms with Crippen molar-refractivity contribution in [3.63, 3.8) is 0 Å². The molecular formula is C15H24N4O. The number of carbonyl (C=O) groups excluding carboxylic acids is 1. The van der Waals surface area contributed by atoms with Crippen LogP contribution in [-0.2, 0) is 17.8 Å². The second kappa shape index (κ2) is 5.95. The van der Waals surface area contributed by atoms with Gasteiger partial charge >= 0.3 is 0 Å². The molecule has 1 saturated carbocycles. The number of imidazole rings is 1. The minimum absolute atomic E-state index is 0.122. The Hall–Kier alpha value is -1.36. The normalized spacial score (nSPS) is 29.8. The van der Waals surface area contributed by atoms with E-state index in [1.54, 1.807) is 6.33 Å². The van der Waals surface area contributed by atoms with Crippen molar-refractivity contribution in [3.8, 4) is 0 Å². The van der Waals surface area contributed by atoms with Gasteiger partial charge in [-0.2, -0.15) is 0 Å². The van der Waals surface area contributed by atoms with Crippen LogP contribution in [0, 0.1) is 11.8 Å². The number of hydrogen-bond donors (Lipinski definition) is 3. The van der Waals surface area contributed by atoms with Gasteiger partial charge in [0.15, 0.2) is 0 Å². The van der Waals surface area contributed by atoms with Gasteiger partial charge in [-0.3, -0.25) is 10.1 Å². The molecule has 2 aliphatic rings. The Kier molecular flexibility index (Phi) is 4.05. The Bertz CT molecular complexity index is 470. The molecule has 0 radical (unpaired) electrons. The zero-order valence-corrected chi connectivity index (χ0v) is 12.1. The predicted molar refractivity (Wildman–Crippen MR) is 77.1 cm³/mol. The Morgan fingerprint density at radius 3 is 3.15 bits per heavy atom. The molecule has 1 fully saturated rings. The smallest absolute Gasteiger partial charge is 0.237 e. The van der Waals surface area contributed by atoms with E-state index in [9.17, 15) is 4.79 Å². The molecule has 3 unspecified atom stereocenters. The van der Waals surface area contributed by atoms with Crippen molar-refractivity contribution in [2.45, 2.75) is 51.6 Å². The SMILES string of the molecule is CC1CCCCC1CNC(=O)C1Cc2nc[nH]c2CN1. The van der Waals surface area contributed by atoms with Crippen LogP contribution in [0.5, 0.6) is 0 Å². The molecule has 5 heteroatoms. The van der Waals surface area contributed by atoms with Crippen LogP contribution < -0.4 is 10.6 Å². The van der Waals surface area contributed by atoms with Crippen molar-refractivity contribution < 1.29 is 4.79 Å². The third-order valence-electron chi connectivity index (χ3n) is 4.87. The molecule has 110 valence electrons. The molecule has 5 nitrogen and oxygen atoms in total. The summed E-state index contributed by atoms with van der Waals surface area (Å²) in [6, 6.07) is -0.135. The second-order valence-electron chi connectivity index (χ2n) is 6.23. The lowest BCUT2D eigenvalue weighted by Gasteiger charge is -2.30. The Morgan fingerprint density at radius 1 is 1.45 bits per heavy atom. The van der Waals surface area contributed by atoms with E-state index >= 15 is 0 Å². The quantitative estimate of drug-likeness (QED) is 0.781. The van der Waals surface area contributed by atoms with Gasteiger partial charge in [0.25, 0.3) is 0 Å². The van der Waals surface area contributed by atoms with E-state index in [-0.39, 0.29) is 11.9 Å². The summed E-state index contributed by atoms with van der Waals surface area (Å²) in [6.07, 6.45) is 7.60. The lowest BCUT2D eigenvalue weighted by atomic mass is 9.80. The average Bonchev–Trinajstić information content (AvgIpc) is 2.93. The van der Waals surface area contributed by atoms with Crippen LogP contribution in [0.3, 0.4) is 0 Å². The number of H-pyrrole nitrogens is 1. The van der Waals surface area contributed by atoms with E-state index in [1.165, 1.54) is 25.7 Å². The van der Waals surface area contributed by atoms with Crippen molar-refractivity contribution in [2.75, 3.05) is 6.54 Å². The van der Waals surface area contributed by atoms with Gasteiger partial charge in [-0.25, -0.2) is 4.98 Å². The monoisotopic (exact) mass is 276 g/mol. The van der Waals surface area contributed by atoms with Crippen molar-refractivity contribution in [1.29, 1.82) is 0 Å². The molecule has 1 aliphatic carbocycles. The predicted octanol–water partition coefficient (Wildman–Crippen LogP) is 1.37. The van der Waals surface area contributed by atoms with Crippen LogP contribution in [-0.4, -0.2) is 28.5 Å². The number of carbonyl (C=O) groups is 1. The maximum atomic E-state index is 12.3. The van der Waals surface area contributed by atoms with Gasteiger partial charge in [-0.05, 0) is 18.3 Å².